The molecule has 0 saturated carbocycles. The van der Waals surface area contributed by atoms with E-state index in [1.54, 1.807) is 12.1 Å². The van der Waals surface area contributed by atoms with Gasteiger partial charge >= 0.3 is 11.9 Å². The molecule has 0 fully saturated rings. The lowest BCUT2D eigenvalue weighted by Gasteiger charge is -1.98. The molecule has 19 heavy (non-hydrogen) atoms. The van der Waals surface area contributed by atoms with Crippen molar-refractivity contribution in [1.29, 1.82) is 0 Å². The van der Waals surface area contributed by atoms with Crippen LogP contribution < -0.4 is 0 Å². The van der Waals surface area contributed by atoms with Crippen LogP contribution in [0.4, 0.5) is 5.88 Å². The predicted octanol–water partition coefficient (Wildman–Crippen LogP) is 2.49. The minimum Gasteiger partial charge on any atom is -0.478 e. The van der Waals surface area contributed by atoms with Crippen molar-refractivity contribution in [3.05, 3.63) is 57.7 Å². The smallest absolute Gasteiger partial charge is 0.433 e. The van der Waals surface area contributed by atoms with E-state index in [4.69, 9.17) is 13.9 Å². The first kappa shape index (κ1) is 12.6. The fraction of sp³-hybridized carbons (Fsp3) is 0.0833. The number of carbonyl (C=O) groups is 1. The highest BCUT2D eigenvalue weighted by Crippen LogP contribution is 2.19. The Labute approximate surface area is 106 Å². The minimum absolute atomic E-state index is 0.0131. The van der Waals surface area contributed by atoms with Crippen molar-refractivity contribution in [3.63, 3.8) is 0 Å². The van der Waals surface area contributed by atoms with Gasteiger partial charge in [-0.15, -0.1) is 0 Å². The monoisotopic (exact) mass is 263 g/mol. The Kier molecular flexibility index (Phi) is 3.46. The average molecular weight is 263 g/mol. The van der Waals surface area contributed by atoms with Gasteiger partial charge in [0, 0.05) is 12.0 Å². The van der Waals surface area contributed by atoms with Crippen LogP contribution in [0.1, 0.15) is 11.5 Å². The molecule has 0 aromatic carbocycles. The van der Waals surface area contributed by atoms with Crippen molar-refractivity contribution >= 4 is 17.9 Å². The Bertz CT molecular complexity index is 622. The van der Waals surface area contributed by atoms with E-state index in [1.165, 1.54) is 18.4 Å². The maximum Gasteiger partial charge on any atom is 0.433 e. The van der Waals surface area contributed by atoms with Gasteiger partial charge in [-0.3, -0.25) is 10.1 Å². The van der Waals surface area contributed by atoms with Crippen LogP contribution >= 0.6 is 0 Å². The first-order valence-electron chi connectivity index (χ1n) is 5.27. The molecule has 0 aliphatic rings. The van der Waals surface area contributed by atoms with E-state index in [0.29, 0.717) is 5.76 Å². The van der Waals surface area contributed by atoms with Crippen molar-refractivity contribution in [2.24, 2.45) is 0 Å². The predicted molar refractivity (Wildman–Crippen MR) is 63.4 cm³/mol. The summed E-state index contributed by atoms with van der Waals surface area (Å²) in [5.41, 5.74) is 0.0131. The molecule has 0 bridgehead atoms. The molecule has 1 N–H and O–H groups in total. The summed E-state index contributed by atoms with van der Waals surface area (Å²) in [4.78, 5) is 20.8. The average Bonchev–Trinajstić information content (AvgIpc) is 2.98. The number of nitro groups is 1. The third-order valence-corrected chi connectivity index (χ3v) is 2.33. The molecule has 0 amide bonds. The van der Waals surface area contributed by atoms with Crippen molar-refractivity contribution in [1.82, 2.24) is 0 Å². The van der Waals surface area contributed by atoms with Crippen molar-refractivity contribution in [3.8, 4) is 0 Å². The number of carboxylic acids is 1. The molecule has 0 spiro atoms. The lowest BCUT2D eigenvalue weighted by Crippen LogP contribution is -2.03. The van der Waals surface area contributed by atoms with Crippen molar-refractivity contribution < 1.29 is 23.7 Å². The fourth-order valence-corrected chi connectivity index (χ4v) is 1.48. The van der Waals surface area contributed by atoms with E-state index in [2.05, 4.69) is 0 Å². The van der Waals surface area contributed by atoms with Gasteiger partial charge in [0.25, 0.3) is 0 Å². The molecule has 7 heteroatoms. The van der Waals surface area contributed by atoms with Gasteiger partial charge in [-0.2, -0.15) is 0 Å². The zero-order chi connectivity index (χ0) is 13.8. The third kappa shape index (κ3) is 3.09. The Balaban J connectivity index is 2.24. The molecule has 0 aliphatic heterocycles. The van der Waals surface area contributed by atoms with Crippen LogP contribution in [0.3, 0.4) is 0 Å². The normalized spacial score (nSPS) is 11.5. The molecule has 0 aliphatic carbocycles. The van der Waals surface area contributed by atoms with Crippen LogP contribution in [0.15, 0.2) is 44.9 Å². The standard InChI is InChI=1S/C12H9NO6/c14-12(15)8(6-9-2-1-5-18-9)7-10-3-4-11(19-10)13(16)17/h1-5,7H,6H2,(H,14,15)/b8-7+. The summed E-state index contributed by atoms with van der Waals surface area (Å²) >= 11 is 0. The minimum atomic E-state index is -1.14. The van der Waals surface area contributed by atoms with E-state index < -0.39 is 16.8 Å². The largest absolute Gasteiger partial charge is 0.478 e. The van der Waals surface area contributed by atoms with Crippen molar-refractivity contribution in [2.45, 2.75) is 6.42 Å². The molecular weight excluding hydrogens is 254 g/mol. The Hall–Kier alpha value is -2.83. The topological polar surface area (TPSA) is 107 Å². The highest BCUT2D eigenvalue weighted by molar-refractivity contribution is 5.92. The van der Waals surface area contributed by atoms with Gasteiger partial charge in [-0.05, 0) is 24.3 Å². The molecular formula is C12H9NO6. The highest BCUT2D eigenvalue weighted by Gasteiger charge is 2.14. The fourth-order valence-electron chi connectivity index (χ4n) is 1.48. The lowest BCUT2D eigenvalue weighted by atomic mass is 10.1. The SMILES string of the molecule is O=C(O)/C(=C/c1ccc([N+](=O)[O-])o1)Cc1ccco1. The van der Waals surface area contributed by atoms with Crippen LogP contribution in [0.5, 0.6) is 0 Å². The molecule has 2 aromatic heterocycles. The van der Waals surface area contributed by atoms with Crippen LogP contribution in [0.25, 0.3) is 6.08 Å². The highest BCUT2D eigenvalue weighted by atomic mass is 16.6. The van der Waals surface area contributed by atoms with Crippen LogP contribution in [-0.2, 0) is 11.2 Å². The summed E-state index contributed by atoms with van der Waals surface area (Å²) < 4.78 is 9.93. The van der Waals surface area contributed by atoms with Gasteiger partial charge in [0.05, 0.1) is 12.3 Å². The molecule has 2 rings (SSSR count). The van der Waals surface area contributed by atoms with E-state index in [9.17, 15) is 14.9 Å². The number of furan rings is 2. The van der Waals surface area contributed by atoms with Gasteiger partial charge < -0.3 is 13.9 Å². The molecule has 98 valence electrons. The van der Waals surface area contributed by atoms with Gasteiger partial charge in [0.15, 0.2) is 0 Å². The third-order valence-electron chi connectivity index (χ3n) is 2.33. The van der Waals surface area contributed by atoms with E-state index in [1.807, 2.05) is 0 Å². The molecule has 0 saturated heterocycles. The zero-order valence-electron chi connectivity index (χ0n) is 9.61. The Morgan fingerprint density at radius 2 is 2.21 bits per heavy atom. The maximum absolute atomic E-state index is 11.1. The summed E-state index contributed by atoms with van der Waals surface area (Å²) in [5.74, 6) is -0.991. The lowest BCUT2D eigenvalue weighted by molar-refractivity contribution is -0.402. The van der Waals surface area contributed by atoms with E-state index in [-0.39, 0.29) is 17.8 Å². The number of carboxylic acid groups (broad SMARTS) is 1. The van der Waals surface area contributed by atoms with E-state index in [0.717, 1.165) is 6.07 Å². The Morgan fingerprint density at radius 3 is 2.74 bits per heavy atom. The maximum atomic E-state index is 11.1. The first-order valence-corrected chi connectivity index (χ1v) is 5.27. The molecule has 2 aromatic rings. The molecule has 2 heterocycles. The molecule has 0 unspecified atom stereocenters. The summed E-state index contributed by atoms with van der Waals surface area (Å²) in [5, 5.41) is 19.5. The molecule has 7 nitrogen and oxygen atoms in total. The summed E-state index contributed by atoms with van der Waals surface area (Å²) in [6.45, 7) is 0. The first-order chi connectivity index (χ1) is 9.06. The number of hydrogen-bond acceptors (Lipinski definition) is 5. The number of nitrogens with zero attached hydrogens (tertiary/aromatic N) is 1. The van der Waals surface area contributed by atoms with Gasteiger partial charge in [0.2, 0.25) is 0 Å². The second-order valence-corrected chi connectivity index (χ2v) is 3.66. The van der Waals surface area contributed by atoms with Crippen LogP contribution in [-0.4, -0.2) is 16.0 Å². The van der Waals surface area contributed by atoms with Crippen molar-refractivity contribution in [2.75, 3.05) is 0 Å². The number of rotatable bonds is 5. The zero-order valence-corrected chi connectivity index (χ0v) is 9.61. The van der Waals surface area contributed by atoms with Gasteiger partial charge in [-0.25, -0.2) is 4.79 Å². The van der Waals surface area contributed by atoms with Gasteiger partial charge in [0.1, 0.15) is 16.4 Å². The summed E-state index contributed by atoms with van der Waals surface area (Å²) in [7, 11) is 0. The summed E-state index contributed by atoms with van der Waals surface area (Å²) in [6, 6.07) is 5.79. The number of hydrogen-bond donors (Lipinski definition) is 1. The van der Waals surface area contributed by atoms with Gasteiger partial charge in [-0.1, -0.05) is 0 Å². The Morgan fingerprint density at radius 1 is 1.42 bits per heavy atom. The second-order valence-electron chi connectivity index (χ2n) is 3.66. The number of aliphatic carboxylic acids is 1. The van der Waals surface area contributed by atoms with E-state index >= 15 is 0 Å². The molecule has 0 atom stereocenters. The summed E-state index contributed by atoms with van der Waals surface area (Å²) in [6.07, 6.45) is 2.74. The molecule has 0 radical (unpaired) electrons. The van der Waals surface area contributed by atoms with Crippen LogP contribution in [0.2, 0.25) is 0 Å². The quantitative estimate of drug-likeness (QED) is 0.504. The van der Waals surface area contributed by atoms with Crippen LogP contribution in [0, 0.1) is 10.1 Å². The second kappa shape index (κ2) is 5.21.